The van der Waals surface area contributed by atoms with Crippen LogP contribution in [0.5, 0.6) is 0 Å². The second-order valence-electron chi connectivity index (χ2n) is 4.76. The van der Waals surface area contributed by atoms with Crippen molar-refractivity contribution >= 4 is 17.8 Å². The summed E-state index contributed by atoms with van der Waals surface area (Å²) in [5.74, 6) is 1.32. The average Bonchev–Trinajstić information content (AvgIpc) is 2.54. The van der Waals surface area contributed by atoms with Gasteiger partial charge in [0.25, 0.3) is 0 Å². The van der Waals surface area contributed by atoms with Crippen molar-refractivity contribution < 1.29 is 4.74 Å². The topological polar surface area (TPSA) is 89.2 Å². The normalized spacial score (nSPS) is 15.0. The number of benzene rings is 1. The zero-order valence-corrected chi connectivity index (χ0v) is 11.7. The summed E-state index contributed by atoms with van der Waals surface area (Å²) < 4.78 is 5.33. The lowest BCUT2D eigenvalue weighted by Crippen LogP contribution is -2.37. The first-order chi connectivity index (χ1) is 10.3. The van der Waals surface area contributed by atoms with Crippen LogP contribution < -0.4 is 16.0 Å². The number of aromatic nitrogens is 3. The van der Waals surface area contributed by atoms with Crippen LogP contribution >= 0.6 is 0 Å². The fourth-order valence-electron chi connectivity index (χ4n) is 2.14. The van der Waals surface area contributed by atoms with Gasteiger partial charge in [0.2, 0.25) is 17.8 Å². The standard InChI is InChI=1S/C14H18N6O/c15-12-17-13(16-10-11-4-2-1-3-5-11)19-14(18-12)20-6-8-21-9-7-20/h1-5H,6-10H2,(H3,15,16,17,18,19). The Hall–Kier alpha value is -2.41. The molecule has 0 saturated carbocycles. The minimum Gasteiger partial charge on any atom is -0.378 e. The maximum atomic E-state index is 5.77. The highest BCUT2D eigenvalue weighted by molar-refractivity contribution is 5.42. The van der Waals surface area contributed by atoms with Crippen LogP contribution in [-0.2, 0) is 11.3 Å². The predicted molar refractivity (Wildman–Crippen MR) is 81.0 cm³/mol. The van der Waals surface area contributed by atoms with E-state index in [4.69, 9.17) is 10.5 Å². The van der Waals surface area contributed by atoms with Crippen LogP contribution in [-0.4, -0.2) is 41.3 Å². The van der Waals surface area contributed by atoms with Crippen molar-refractivity contribution in [3.05, 3.63) is 35.9 Å². The van der Waals surface area contributed by atoms with Gasteiger partial charge in [-0.1, -0.05) is 30.3 Å². The Morgan fingerprint density at radius 3 is 2.62 bits per heavy atom. The Labute approximate surface area is 123 Å². The van der Waals surface area contributed by atoms with Crippen molar-refractivity contribution in [2.45, 2.75) is 6.54 Å². The average molecular weight is 286 g/mol. The zero-order chi connectivity index (χ0) is 14.5. The number of hydrogen-bond acceptors (Lipinski definition) is 7. The van der Waals surface area contributed by atoms with E-state index < -0.39 is 0 Å². The molecule has 1 fully saturated rings. The molecule has 1 aromatic heterocycles. The molecule has 0 atom stereocenters. The van der Waals surface area contributed by atoms with Crippen molar-refractivity contribution in [2.24, 2.45) is 0 Å². The van der Waals surface area contributed by atoms with Gasteiger partial charge in [-0.25, -0.2) is 0 Å². The Morgan fingerprint density at radius 2 is 1.86 bits per heavy atom. The molecule has 7 heteroatoms. The van der Waals surface area contributed by atoms with E-state index in [2.05, 4.69) is 25.2 Å². The van der Waals surface area contributed by atoms with E-state index in [1.807, 2.05) is 30.3 Å². The summed E-state index contributed by atoms with van der Waals surface area (Å²) in [7, 11) is 0. The van der Waals surface area contributed by atoms with Gasteiger partial charge in [-0.05, 0) is 5.56 Å². The van der Waals surface area contributed by atoms with Crippen molar-refractivity contribution in [3.63, 3.8) is 0 Å². The summed E-state index contributed by atoms with van der Waals surface area (Å²) in [5.41, 5.74) is 6.93. The minimum atomic E-state index is 0.224. The van der Waals surface area contributed by atoms with Crippen LogP contribution in [0, 0.1) is 0 Å². The maximum Gasteiger partial charge on any atom is 0.232 e. The zero-order valence-electron chi connectivity index (χ0n) is 11.7. The number of nitrogens with two attached hydrogens (primary N) is 1. The van der Waals surface area contributed by atoms with Gasteiger partial charge in [0.1, 0.15) is 0 Å². The van der Waals surface area contributed by atoms with E-state index in [9.17, 15) is 0 Å². The molecular formula is C14H18N6O. The third kappa shape index (κ3) is 3.57. The molecule has 1 aromatic carbocycles. The number of nitrogen functional groups attached to an aromatic ring is 1. The highest BCUT2D eigenvalue weighted by Crippen LogP contribution is 2.14. The predicted octanol–water partition coefficient (Wildman–Crippen LogP) is 0.902. The van der Waals surface area contributed by atoms with Gasteiger partial charge in [0, 0.05) is 19.6 Å². The van der Waals surface area contributed by atoms with Crippen molar-refractivity contribution in [2.75, 3.05) is 42.3 Å². The van der Waals surface area contributed by atoms with Crippen LogP contribution in [0.4, 0.5) is 17.8 Å². The molecule has 2 aromatic rings. The SMILES string of the molecule is Nc1nc(NCc2ccccc2)nc(N2CCOCC2)n1. The Balaban J connectivity index is 1.71. The molecule has 0 aliphatic carbocycles. The van der Waals surface area contributed by atoms with Crippen LogP contribution in [0.15, 0.2) is 30.3 Å². The molecule has 0 bridgehead atoms. The third-order valence-corrected chi connectivity index (χ3v) is 3.23. The number of nitrogens with zero attached hydrogens (tertiary/aromatic N) is 4. The van der Waals surface area contributed by atoms with Crippen molar-refractivity contribution in [3.8, 4) is 0 Å². The molecule has 0 spiro atoms. The van der Waals surface area contributed by atoms with Crippen LogP contribution in [0.2, 0.25) is 0 Å². The Morgan fingerprint density at radius 1 is 1.10 bits per heavy atom. The summed E-state index contributed by atoms with van der Waals surface area (Å²) in [6.07, 6.45) is 0. The number of hydrogen-bond donors (Lipinski definition) is 2. The Bertz CT molecular complexity index is 585. The van der Waals surface area contributed by atoms with Gasteiger partial charge in [-0.3, -0.25) is 0 Å². The maximum absolute atomic E-state index is 5.77. The molecule has 7 nitrogen and oxygen atoms in total. The molecule has 3 N–H and O–H groups in total. The molecular weight excluding hydrogens is 268 g/mol. The highest BCUT2D eigenvalue weighted by atomic mass is 16.5. The first kappa shape index (κ1) is 13.6. The molecule has 2 heterocycles. The smallest absolute Gasteiger partial charge is 0.232 e. The fourth-order valence-corrected chi connectivity index (χ4v) is 2.14. The van der Waals surface area contributed by atoms with Crippen LogP contribution in [0.1, 0.15) is 5.56 Å². The van der Waals surface area contributed by atoms with Crippen molar-refractivity contribution in [1.29, 1.82) is 0 Å². The van der Waals surface area contributed by atoms with Gasteiger partial charge < -0.3 is 20.7 Å². The quantitative estimate of drug-likeness (QED) is 0.863. The number of rotatable bonds is 4. The fraction of sp³-hybridized carbons (Fsp3) is 0.357. The van der Waals surface area contributed by atoms with Crippen LogP contribution in [0.25, 0.3) is 0 Å². The van der Waals surface area contributed by atoms with Crippen LogP contribution in [0.3, 0.4) is 0 Å². The lowest BCUT2D eigenvalue weighted by molar-refractivity contribution is 0.122. The number of ether oxygens (including phenoxy) is 1. The first-order valence-corrected chi connectivity index (χ1v) is 6.93. The summed E-state index contributed by atoms with van der Waals surface area (Å²) in [5, 5.41) is 3.18. The van der Waals surface area contributed by atoms with Gasteiger partial charge in [0.15, 0.2) is 0 Å². The summed E-state index contributed by atoms with van der Waals surface area (Å²) in [6.45, 7) is 3.53. The molecule has 0 amide bonds. The largest absolute Gasteiger partial charge is 0.378 e. The number of morpholine rings is 1. The molecule has 0 radical (unpaired) electrons. The van der Waals surface area contributed by atoms with Gasteiger partial charge in [0.05, 0.1) is 13.2 Å². The Kier molecular flexibility index (Phi) is 4.11. The van der Waals surface area contributed by atoms with E-state index in [1.54, 1.807) is 0 Å². The van der Waals surface area contributed by atoms with E-state index in [1.165, 1.54) is 0 Å². The molecule has 1 aliphatic heterocycles. The summed E-state index contributed by atoms with van der Waals surface area (Å²) in [4.78, 5) is 14.8. The first-order valence-electron chi connectivity index (χ1n) is 6.93. The molecule has 0 unspecified atom stereocenters. The lowest BCUT2D eigenvalue weighted by atomic mass is 10.2. The van der Waals surface area contributed by atoms with Gasteiger partial charge in [-0.15, -0.1) is 0 Å². The van der Waals surface area contributed by atoms with E-state index in [-0.39, 0.29) is 5.95 Å². The van der Waals surface area contributed by atoms with Gasteiger partial charge in [-0.2, -0.15) is 15.0 Å². The molecule has 1 saturated heterocycles. The van der Waals surface area contributed by atoms with E-state index >= 15 is 0 Å². The molecule has 110 valence electrons. The summed E-state index contributed by atoms with van der Waals surface area (Å²) >= 11 is 0. The second kappa shape index (κ2) is 6.36. The van der Waals surface area contributed by atoms with Gasteiger partial charge >= 0.3 is 0 Å². The number of nitrogens with one attached hydrogen (secondary N) is 1. The lowest BCUT2D eigenvalue weighted by Gasteiger charge is -2.26. The highest BCUT2D eigenvalue weighted by Gasteiger charge is 2.15. The van der Waals surface area contributed by atoms with E-state index in [0.717, 1.165) is 18.7 Å². The minimum absolute atomic E-state index is 0.224. The summed E-state index contributed by atoms with van der Waals surface area (Å²) in [6, 6.07) is 10.1. The number of anilines is 3. The third-order valence-electron chi connectivity index (χ3n) is 3.23. The monoisotopic (exact) mass is 286 g/mol. The molecule has 21 heavy (non-hydrogen) atoms. The molecule has 3 rings (SSSR count). The molecule has 1 aliphatic rings. The van der Waals surface area contributed by atoms with Crippen molar-refractivity contribution in [1.82, 2.24) is 15.0 Å². The second-order valence-corrected chi connectivity index (χ2v) is 4.76. The van der Waals surface area contributed by atoms with E-state index in [0.29, 0.717) is 31.7 Å².